The van der Waals surface area contributed by atoms with Crippen molar-refractivity contribution in [1.29, 1.82) is 0 Å². The zero-order chi connectivity index (χ0) is 15.7. The van der Waals surface area contributed by atoms with Crippen LogP contribution in [-0.2, 0) is 6.42 Å². The first kappa shape index (κ1) is 16.7. The Morgan fingerprint density at radius 3 is 2.43 bits per heavy atom. The van der Waals surface area contributed by atoms with Crippen LogP contribution in [0.5, 0.6) is 0 Å². The molecular formula is C16H18O5. The molecular weight excluding hydrogens is 272 g/mol. The van der Waals surface area contributed by atoms with Crippen LogP contribution in [-0.4, -0.2) is 28.6 Å². The van der Waals surface area contributed by atoms with Gasteiger partial charge in [-0.3, -0.25) is 4.79 Å². The van der Waals surface area contributed by atoms with Gasteiger partial charge in [-0.05, 0) is 43.5 Å². The van der Waals surface area contributed by atoms with Gasteiger partial charge in [-0.2, -0.15) is 0 Å². The molecule has 1 aromatic heterocycles. The summed E-state index contributed by atoms with van der Waals surface area (Å²) in [6, 6.07) is 10.5. The maximum absolute atomic E-state index is 11.0. The van der Waals surface area contributed by atoms with Crippen LogP contribution in [0.4, 0.5) is 0 Å². The molecule has 112 valence electrons. The molecule has 0 unspecified atom stereocenters. The number of aliphatic hydroxyl groups excluding tert-OH is 1. The third-order valence-electron chi connectivity index (χ3n) is 2.69. The first-order valence-electron chi connectivity index (χ1n) is 6.52. The molecule has 0 fully saturated rings. The van der Waals surface area contributed by atoms with Gasteiger partial charge < -0.3 is 14.6 Å². The maximum Gasteiger partial charge on any atom is 0.371 e. The molecule has 2 rings (SSSR count). The van der Waals surface area contributed by atoms with E-state index < -0.39 is 5.97 Å². The topological polar surface area (TPSA) is 87.7 Å². The molecule has 21 heavy (non-hydrogen) atoms. The summed E-state index contributed by atoms with van der Waals surface area (Å²) >= 11 is 0. The predicted octanol–water partition coefficient (Wildman–Crippen LogP) is 2.79. The van der Waals surface area contributed by atoms with Crippen LogP contribution in [0.1, 0.15) is 39.8 Å². The number of aromatic carboxylic acids is 1. The van der Waals surface area contributed by atoms with Gasteiger partial charge in [-0.25, -0.2) is 4.79 Å². The summed E-state index contributed by atoms with van der Waals surface area (Å²) in [7, 11) is 0. The fourth-order valence-electron chi connectivity index (χ4n) is 1.63. The van der Waals surface area contributed by atoms with E-state index in [0.717, 1.165) is 24.0 Å². The van der Waals surface area contributed by atoms with E-state index in [-0.39, 0.29) is 18.2 Å². The molecule has 5 heteroatoms. The lowest BCUT2D eigenvalue weighted by Crippen LogP contribution is -1.95. The highest BCUT2D eigenvalue weighted by atomic mass is 16.4. The smallest absolute Gasteiger partial charge is 0.371 e. The molecule has 0 spiro atoms. The predicted molar refractivity (Wildman–Crippen MR) is 77.5 cm³/mol. The maximum atomic E-state index is 11.0. The molecule has 0 saturated carbocycles. The third kappa shape index (κ3) is 6.05. The molecule has 0 aliphatic heterocycles. The fraction of sp³-hybridized carbons (Fsp3) is 0.250. The summed E-state index contributed by atoms with van der Waals surface area (Å²) in [5.74, 6) is -0.967. The second kappa shape index (κ2) is 8.71. The molecule has 2 aromatic rings. The second-order valence-corrected chi connectivity index (χ2v) is 4.37. The highest BCUT2D eigenvalue weighted by molar-refractivity contribution is 5.94. The van der Waals surface area contributed by atoms with Crippen molar-refractivity contribution in [3.63, 3.8) is 0 Å². The van der Waals surface area contributed by atoms with Crippen molar-refractivity contribution in [3.8, 4) is 0 Å². The zero-order valence-electron chi connectivity index (χ0n) is 11.8. The lowest BCUT2D eigenvalue weighted by atomic mass is 10.0. The molecule has 0 saturated heterocycles. The number of aliphatic hydroxyl groups is 1. The summed E-state index contributed by atoms with van der Waals surface area (Å²) in [6.07, 6.45) is 2.91. The third-order valence-corrected chi connectivity index (χ3v) is 2.69. The first-order valence-corrected chi connectivity index (χ1v) is 6.52. The Bertz CT molecular complexity index is 572. The van der Waals surface area contributed by atoms with Gasteiger partial charge in [0, 0.05) is 12.2 Å². The second-order valence-electron chi connectivity index (χ2n) is 4.37. The number of carboxylic acids is 1. The molecule has 0 amide bonds. The summed E-state index contributed by atoms with van der Waals surface area (Å²) in [6.45, 7) is 1.76. The molecule has 0 atom stereocenters. The van der Waals surface area contributed by atoms with Gasteiger partial charge in [0.05, 0.1) is 6.26 Å². The molecule has 2 N–H and O–H groups in total. The van der Waals surface area contributed by atoms with Gasteiger partial charge in [0.1, 0.15) is 0 Å². The Morgan fingerprint density at radius 1 is 1.19 bits per heavy atom. The number of Topliss-reactive ketones (excluding diaryl/α,β-unsaturated/α-hetero) is 1. The van der Waals surface area contributed by atoms with Gasteiger partial charge in [-0.15, -0.1) is 0 Å². The van der Waals surface area contributed by atoms with E-state index in [1.165, 1.54) is 18.4 Å². The Hall–Kier alpha value is -2.40. The van der Waals surface area contributed by atoms with E-state index in [9.17, 15) is 9.59 Å². The zero-order valence-corrected chi connectivity index (χ0v) is 11.8. The van der Waals surface area contributed by atoms with Crippen LogP contribution in [0.15, 0.2) is 47.1 Å². The van der Waals surface area contributed by atoms with Crippen molar-refractivity contribution in [2.24, 2.45) is 0 Å². The minimum Gasteiger partial charge on any atom is -0.475 e. The van der Waals surface area contributed by atoms with Crippen molar-refractivity contribution in [2.75, 3.05) is 6.61 Å². The van der Waals surface area contributed by atoms with Crippen molar-refractivity contribution in [1.82, 2.24) is 0 Å². The van der Waals surface area contributed by atoms with Crippen LogP contribution in [0, 0.1) is 0 Å². The van der Waals surface area contributed by atoms with Crippen LogP contribution in [0.2, 0.25) is 0 Å². The number of carboxylic acid groups (broad SMARTS) is 1. The Labute approximate surface area is 122 Å². The van der Waals surface area contributed by atoms with Crippen molar-refractivity contribution >= 4 is 11.8 Å². The van der Waals surface area contributed by atoms with Crippen LogP contribution >= 0.6 is 0 Å². The summed E-state index contributed by atoms with van der Waals surface area (Å²) in [5.41, 5.74) is 1.86. The minimum atomic E-state index is -1.03. The Balaban J connectivity index is 0.000000235. The van der Waals surface area contributed by atoms with E-state index in [1.54, 1.807) is 6.92 Å². The lowest BCUT2D eigenvalue weighted by molar-refractivity contribution is 0.0662. The van der Waals surface area contributed by atoms with Crippen molar-refractivity contribution < 1.29 is 24.2 Å². The standard InChI is InChI=1S/C11H14O2.C5H4O3/c1-9(13)11-6-2-4-10(8-11)5-3-7-12;6-5(7)4-2-1-3-8-4/h2,4,6,8,12H,3,5,7H2,1H3;1-3H,(H,6,7). The molecule has 1 aromatic carbocycles. The largest absolute Gasteiger partial charge is 0.475 e. The van der Waals surface area contributed by atoms with Crippen LogP contribution < -0.4 is 0 Å². The fourth-order valence-corrected chi connectivity index (χ4v) is 1.63. The van der Waals surface area contributed by atoms with Gasteiger partial charge in [0.25, 0.3) is 0 Å². The number of carbonyl (C=O) groups excluding carboxylic acids is 1. The minimum absolute atomic E-state index is 0.0231. The quantitative estimate of drug-likeness (QED) is 0.827. The number of hydrogen-bond acceptors (Lipinski definition) is 4. The number of hydrogen-bond donors (Lipinski definition) is 2. The highest BCUT2D eigenvalue weighted by Crippen LogP contribution is 2.07. The van der Waals surface area contributed by atoms with Crippen LogP contribution in [0.25, 0.3) is 0 Å². The van der Waals surface area contributed by atoms with Crippen molar-refractivity contribution in [3.05, 3.63) is 59.5 Å². The average Bonchev–Trinajstić information content (AvgIpc) is 3.00. The monoisotopic (exact) mass is 290 g/mol. The van der Waals surface area contributed by atoms with Gasteiger partial charge >= 0.3 is 5.97 Å². The molecule has 0 radical (unpaired) electrons. The molecule has 5 nitrogen and oxygen atoms in total. The SMILES string of the molecule is CC(=O)c1cccc(CCCO)c1.O=C(O)c1ccco1. The Morgan fingerprint density at radius 2 is 1.95 bits per heavy atom. The summed E-state index contributed by atoms with van der Waals surface area (Å²) in [5, 5.41) is 16.8. The van der Waals surface area contributed by atoms with E-state index in [2.05, 4.69) is 4.42 Å². The average molecular weight is 290 g/mol. The lowest BCUT2D eigenvalue weighted by Gasteiger charge is -2.01. The Kier molecular flexibility index (Phi) is 6.91. The van der Waals surface area contributed by atoms with Crippen molar-refractivity contribution in [2.45, 2.75) is 19.8 Å². The summed E-state index contributed by atoms with van der Waals surface area (Å²) in [4.78, 5) is 21.0. The van der Waals surface area contributed by atoms with E-state index in [1.807, 2.05) is 24.3 Å². The van der Waals surface area contributed by atoms with E-state index in [0.29, 0.717) is 0 Å². The number of carbonyl (C=O) groups is 2. The number of ketones is 1. The number of rotatable bonds is 5. The van der Waals surface area contributed by atoms with E-state index >= 15 is 0 Å². The molecule has 0 bridgehead atoms. The van der Waals surface area contributed by atoms with Crippen LogP contribution in [0.3, 0.4) is 0 Å². The van der Waals surface area contributed by atoms with Gasteiger partial charge in [-0.1, -0.05) is 18.2 Å². The van der Waals surface area contributed by atoms with Gasteiger partial charge in [0.2, 0.25) is 5.76 Å². The first-order chi connectivity index (χ1) is 10.0. The molecule has 0 aliphatic carbocycles. The summed E-state index contributed by atoms with van der Waals surface area (Å²) < 4.78 is 4.50. The highest BCUT2D eigenvalue weighted by Gasteiger charge is 2.02. The normalized spacial score (nSPS) is 9.62. The molecule has 1 heterocycles. The number of benzene rings is 1. The van der Waals surface area contributed by atoms with Gasteiger partial charge in [0.15, 0.2) is 5.78 Å². The number of aryl methyl sites for hydroxylation is 1. The van der Waals surface area contributed by atoms with E-state index in [4.69, 9.17) is 10.2 Å². The molecule has 0 aliphatic rings. The number of furan rings is 1.